The average molecular weight is 636 g/mol. The Morgan fingerprint density at radius 1 is 0.911 bits per heavy atom. The first kappa shape index (κ1) is 35.8. The Hall–Kier alpha value is -3.72. The highest BCUT2D eigenvalue weighted by atomic mass is 32.2. The lowest BCUT2D eigenvalue weighted by Gasteiger charge is -2.35. The van der Waals surface area contributed by atoms with Gasteiger partial charge in [0, 0.05) is 17.8 Å². The Balaban J connectivity index is 2.01. The van der Waals surface area contributed by atoms with E-state index in [1.807, 2.05) is 48.7 Å². The van der Waals surface area contributed by atoms with Crippen molar-refractivity contribution in [3.63, 3.8) is 0 Å². The standard InChI is InChI=1S/C36H49N3O5S/c1-6-7-8-9-10-15-23-39(34(42)30(22-24-45-5)38-35(43)44-36(2,3)4)32(29-18-13-14-19-31(29)40)33(41)37-28-21-20-26-16-11-12-17-27(26)25-28/h11-14,16-21,25,30,32,40H,6-10,15,22-24H2,1-5H3,(H,37,41)(H,38,43). The van der Waals surface area contributed by atoms with Crippen molar-refractivity contribution in [2.75, 3.05) is 23.9 Å². The van der Waals surface area contributed by atoms with Crippen molar-refractivity contribution in [3.8, 4) is 5.75 Å². The van der Waals surface area contributed by atoms with Crippen molar-refractivity contribution in [2.45, 2.75) is 90.3 Å². The monoisotopic (exact) mass is 635 g/mol. The molecule has 0 heterocycles. The minimum absolute atomic E-state index is 0.0855. The molecule has 0 aromatic heterocycles. The summed E-state index contributed by atoms with van der Waals surface area (Å²) in [5.74, 6) is -0.322. The van der Waals surface area contributed by atoms with Gasteiger partial charge in [0.25, 0.3) is 5.91 Å². The van der Waals surface area contributed by atoms with E-state index in [9.17, 15) is 19.5 Å². The molecule has 45 heavy (non-hydrogen) atoms. The summed E-state index contributed by atoms with van der Waals surface area (Å²) in [6, 6.07) is 18.1. The second kappa shape index (κ2) is 17.7. The SMILES string of the molecule is CCCCCCCCN(C(=O)C(CCSC)NC(=O)OC(C)(C)C)C(C(=O)Nc1ccc2ccccc2c1)c1ccccc1O. The Bertz CT molecular complexity index is 1410. The molecule has 8 nitrogen and oxygen atoms in total. The van der Waals surface area contributed by atoms with E-state index in [1.54, 1.807) is 50.7 Å². The van der Waals surface area contributed by atoms with Gasteiger partial charge in [-0.1, -0.05) is 87.6 Å². The minimum Gasteiger partial charge on any atom is -0.508 e. The predicted octanol–water partition coefficient (Wildman–Crippen LogP) is 8.06. The van der Waals surface area contributed by atoms with E-state index in [0.717, 1.165) is 42.9 Å². The van der Waals surface area contributed by atoms with Gasteiger partial charge in [0.1, 0.15) is 23.4 Å². The molecule has 0 aliphatic rings. The third-order valence-corrected chi connectivity index (χ3v) is 8.09. The van der Waals surface area contributed by atoms with Crippen LogP contribution in [0.15, 0.2) is 66.7 Å². The van der Waals surface area contributed by atoms with Crippen LogP contribution in [-0.4, -0.2) is 58.1 Å². The van der Waals surface area contributed by atoms with E-state index >= 15 is 0 Å². The minimum atomic E-state index is -1.14. The molecule has 0 spiro atoms. The van der Waals surface area contributed by atoms with Crippen LogP contribution in [0.25, 0.3) is 10.8 Å². The number of alkyl carbamates (subject to hydrolysis) is 1. The lowest BCUT2D eigenvalue weighted by atomic mass is 10.00. The third-order valence-electron chi connectivity index (χ3n) is 7.44. The first-order valence-electron chi connectivity index (χ1n) is 15.9. The normalized spacial score (nSPS) is 12.7. The number of amides is 3. The van der Waals surface area contributed by atoms with Gasteiger partial charge >= 0.3 is 6.09 Å². The van der Waals surface area contributed by atoms with Gasteiger partial charge in [0.2, 0.25) is 5.91 Å². The average Bonchev–Trinajstić information content (AvgIpc) is 2.99. The summed E-state index contributed by atoms with van der Waals surface area (Å²) in [5, 5.41) is 18.8. The molecule has 3 amide bonds. The summed E-state index contributed by atoms with van der Waals surface area (Å²) >= 11 is 1.56. The Morgan fingerprint density at radius 3 is 2.27 bits per heavy atom. The van der Waals surface area contributed by atoms with Gasteiger partial charge in [-0.05, 0) is 74.6 Å². The predicted molar refractivity (Wildman–Crippen MR) is 185 cm³/mol. The van der Waals surface area contributed by atoms with Crippen molar-refractivity contribution >= 4 is 46.1 Å². The van der Waals surface area contributed by atoms with Crippen molar-refractivity contribution in [3.05, 3.63) is 72.3 Å². The van der Waals surface area contributed by atoms with Gasteiger partial charge in [-0.15, -0.1) is 0 Å². The molecule has 0 aliphatic carbocycles. The first-order valence-corrected chi connectivity index (χ1v) is 17.3. The summed E-state index contributed by atoms with van der Waals surface area (Å²) < 4.78 is 5.49. The van der Waals surface area contributed by atoms with Crippen LogP contribution in [0.1, 0.15) is 84.2 Å². The number of benzene rings is 3. The van der Waals surface area contributed by atoms with Crippen LogP contribution < -0.4 is 10.6 Å². The maximum absolute atomic E-state index is 14.5. The van der Waals surface area contributed by atoms with Crippen LogP contribution in [-0.2, 0) is 14.3 Å². The molecule has 3 N–H and O–H groups in total. The number of carbonyl (C=O) groups is 3. The first-order chi connectivity index (χ1) is 21.5. The summed E-state index contributed by atoms with van der Waals surface area (Å²) in [5.41, 5.74) is 0.154. The number of anilines is 1. The van der Waals surface area contributed by atoms with Crippen molar-refractivity contribution in [2.24, 2.45) is 0 Å². The van der Waals surface area contributed by atoms with E-state index in [-0.39, 0.29) is 12.3 Å². The number of nitrogens with one attached hydrogen (secondary N) is 2. The lowest BCUT2D eigenvalue weighted by molar-refractivity contribution is -0.141. The number of nitrogens with zero attached hydrogens (tertiary/aromatic N) is 1. The van der Waals surface area contributed by atoms with Gasteiger partial charge in [-0.25, -0.2) is 4.79 Å². The molecular weight excluding hydrogens is 586 g/mol. The molecule has 3 aromatic rings. The molecule has 0 radical (unpaired) electrons. The van der Waals surface area contributed by atoms with E-state index < -0.39 is 35.6 Å². The number of unbranched alkanes of at least 4 members (excludes halogenated alkanes) is 5. The van der Waals surface area contributed by atoms with Gasteiger partial charge in [0.15, 0.2) is 0 Å². The Morgan fingerprint density at radius 2 is 1.58 bits per heavy atom. The van der Waals surface area contributed by atoms with Crippen molar-refractivity contribution < 1.29 is 24.2 Å². The molecule has 0 bridgehead atoms. The molecule has 0 saturated carbocycles. The van der Waals surface area contributed by atoms with Gasteiger partial charge in [0.05, 0.1) is 0 Å². The second-order valence-corrected chi connectivity index (χ2v) is 13.3. The highest BCUT2D eigenvalue weighted by molar-refractivity contribution is 7.98. The fourth-order valence-corrected chi connectivity index (χ4v) is 5.69. The number of para-hydroxylation sites is 1. The van der Waals surface area contributed by atoms with Crippen LogP contribution in [0.5, 0.6) is 5.75 Å². The van der Waals surface area contributed by atoms with Gasteiger partial charge in [-0.2, -0.15) is 11.8 Å². The van der Waals surface area contributed by atoms with Crippen LogP contribution >= 0.6 is 11.8 Å². The molecule has 0 saturated heterocycles. The quantitative estimate of drug-likeness (QED) is 0.137. The van der Waals surface area contributed by atoms with Crippen molar-refractivity contribution in [1.29, 1.82) is 0 Å². The maximum Gasteiger partial charge on any atom is 0.408 e. The molecular formula is C36H49N3O5S. The molecule has 3 rings (SSSR count). The highest BCUT2D eigenvalue weighted by Crippen LogP contribution is 2.32. The van der Waals surface area contributed by atoms with E-state index in [2.05, 4.69) is 17.6 Å². The molecule has 0 fully saturated rings. The van der Waals surface area contributed by atoms with Crippen molar-refractivity contribution in [1.82, 2.24) is 10.2 Å². The summed E-state index contributed by atoms with van der Waals surface area (Å²) in [6.07, 6.45) is 7.55. The molecule has 0 aliphatic heterocycles. The number of rotatable bonds is 16. The molecule has 244 valence electrons. The van der Waals surface area contributed by atoms with E-state index in [0.29, 0.717) is 29.8 Å². The maximum atomic E-state index is 14.5. The van der Waals surface area contributed by atoms with Gasteiger partial charge in [-0.3, -0.25) is 9.59 Å². The largest absolute Gasteiger partial charge is 0.508 e. The van der Waals surface area contributed by atoms with Crippen LogP contribution in [0.2, 0.25) is 0 Å². The van der Waals surface area contributed by atoms with Gasteiger partial charge < -0.3 is 25.4 Å². The topological polar surface area (TPSA) is 108 Å². The highest BCUT2D eigenvalue weighted by Gasteiger charge is 2.37. The number of hydrogen-bond donors (Lipinski definition) is 3. The fourth-order valence-electron chi connectivity index (χ4n) is 5.22. The number of fused-ring (bicyclic) bond motifs is 1. The number of thioether (sulfide) groups is 1. The number of ether oxygens (including phenoxy) is 1. The fraction of sp³-hybridized carbons (Fsp3) is 0.472. The molecule has 9 heteroatoms. The number of aromatic hydroxyl groups is 1. The van der Waals surface area contributed by atoms with E-state index in [4.69, 9.17) is 4.74 Å². The zero-order chi connectivity index (χ0) is 32.8. The second-order valence-electron chi connectivity index (χ2n) is 12.3. The summed E-state index contributed by atoms with van der Waals surface area (Å²) in [6.45, 7) is 7.74. The smallest absolute Gasteiger partial charge is 0.408 e. The zero-order valence-electron chi connectivity index (χ0n) is 27.3. The lowest BCUT2D eigenvalue weighted by Crippen LogP contribution is -2.52. The van der Waals surface area contributed by atoms with E-state index in [1.165, 1.54) is 11.0 Å². The third kappa shape index (κ3) is 11.3. The molecule has 2 atom stereocenters. The number of hydrogen-bond acceptors (Lipinski definition) is 6. The van der Waals surface area contributed by atoms with Crippen LogP contribution in [0.4, 0.5) is 10.5 Å². The zero-order valence-corrected chi connectivity index (χ0v) is 28.1. The Labute approximate surface area is 272 Å². The Kier molecular flexibility index (Phi) is 14.1. The van der Waals surface area contributed by atoms with Crippen LogP contribution in [0, 0.1) is 0 Å². The summed E-state index contributed by atoms with van der Waals surface area (Å²) in [4.78, 5) is 43.1. The summed E-state index contributed by atoms with van der Waals surface area (Å²) in [7, 11) is 0. The number of phenolic OH excluding ortho intramolecular Hbond substituents is 1. The number of carbonyl (C=O) groups excluding carboxylic acids is 3. The van der Waals surface area contributed by atoms with Crippen LogP contribution in [0.3, 0.4) is 0 Å². The molecule has 3 aromatic carbocycles. The number of phenols is 1. The molecule has 2 unspecified atom stereocenters.